The average Bonchev–Trinajstić information content (AvgIpc) is 2.83. The van der Waals surface area contributed by atoms with Crippen LogP contribution in [0.4, 0.5) is 0 Å². The van der Waals surface area contributed by atoms with Crippen LogP contribution in [-0.4, -0.2) is 25.2 Å². The van der Waals surface area contributed by atoms with Crippen molar-refractivity contribution in [2.24, 2.45) is 5.73 Å². The first-order valence-corrected chi connectivity index (χ1v) is 5.22. The van der Waals surface area contributed by atoms with Gasteiger partial charge in [0, 0.05) is 6.54 Å². The number of para-hydroxylation sites is 1. The lowest BCUT2D eigenvalue weighted by molar-refractivity contribution is 0.768. The fourth-order valence-corrected chi connectivity index (χ4v) is 1.61. The number of hydrogen-bond donors (Lipinski definition) is 1. The smallest absolute Gasteiger partial charge is 0.178 e. The molecule has 0 amide bonds. The van der Waals surface area contributed by atoms with Gasteiger partial charge in [0.15, 0.2) is 5.82 Å². The first-order chi connectivity index (χ1) is 8.38. The molecule has 0 aliphatic rings. The van der Waals surface area contributed by atoms with E-state index >= 15 is 0 Å². The van der Waals surface area contributed by atoms with Gasteiger partial charge in [-0.1, -0.05) is 17.3 Å². The van der Waals surface area contributed by atoms with Crippen molar-refractivity contribution in [1.29, 1.82) is 0 Å². The molecule has 1 aromatic carbocycles. The van der Waals surface area contributed by atoms with E-state index in [-0.39, 0.29) is 0 Å². The molecule has 3 aromatic rings. The molecule has 0 unspecified atom stereocenters. The molecular weight excluding hydrogens is 216 g/mol. The van der Waals surface area contributed by atoms with Gasteiger partial charge in [0.1, 0.15) is 5.52 Å². The highest BCUT2D eigenvalue weighted by atomic mass is 15.5. The lowest BCUT2D eigenvalue weighted by Gasteiger charge is -2.00. The molecule has 3 rings (SSSR count). The summed E-state index contributed by atoms with van der Waals surface area (Å²) in [5.41, 5.74) is 7.96. The van der Waals surface area contributed by atoms with Gasteiger partial charge in [0.2, 0.25) is 0 Å². The van der Waals surface area contributed by atoms with E-state index in [2.05, 4.69) is 20.5 Å². The molecule has 0 aliphatic heterocycles. The van der Waals surface area contributed by atoms with E-state index in [1.165, 1.54) is 0 Å². The molecule has 0 atom stereocenters. The second-order valence-corrected chi connectivity index (χ2v) is 3.58. The van der Waals surface area contributed by atoms with Crippen LogP contribution >= 0.6 is 0 Å². The monoisotopic (exact) mass is 226 g/mol. The number of fused-ring (bicyclic) bond motifs is 1. The van der Waals surface area contributed by atoms with Crippen LogP contribution in [0.2, 0.25) is 0 Å². The molecular formula is C11H10N6. The van der Waals surface area contributed by atoms with Crippen molar-refractivity contribution in [3.05, 3.63) is 42.1 Å². The first kappa shape index (κ1) is 9.86. The molecule has 84 valence electrons. The number of nitrogens with two attached hydrogens (primary N) is 1. The highest BCUT2D eigenvalue weighted by Crippen LogP contribution is 2.13. The summed E-state index contributed by atoms with van der Waals surface area (Å²) in [6, 6.07) is 11.4. The zero-order valence-corrected chi connectivity index (χ0v) is 8.98. The molecule has 17 heavy (non-hydrogen) atoms. The van der Waals surface area contributed by atoms with Crippen LogP contribution in [0.15, 0.2) is 36.4 Å². The topological polar surface area (TPSA) is 82.5 Å². The van der Waals surface area contributed by atoms with Crippen molar-refractivity contribution in [2.75, 3.05) is 0 Å². The molecule has 6 nitrogen and oxygen atoms in total. The van der Waals surface area contributed by atoms with Gasteiger partial charge in [0.25, 0.3) is 0 Å². The van der Waals surface area contributed by atoms with Crippen molar-refractivity contribution in [3.63, 3.8) is 0 Å². The highest BCUT2D eigenvalue weighted by molar-refractivity contribution is 5.75. The van der Waals surface area contributed by atoms with E-state index in [0.29, 0.717) is 12.4 Å². The van der Waals surface area contributed by atoms with Crippen LogP contribution < -0.4 is 5.73 Å². The van der Waals surface area contributed by atoms with E-state index < -0.39 is 0 Å². The van der Waals surface area contributed by atoms with Crippen LogP contribution in [0.5, 0.6) is 0 Å². The van der Waals surface area contributed by atoms with Crippen molar-refractivity contribution in [2.45, 2.75) is 6.54 Å². The second kappa shape index (κ2) is 3.91. The molecule has 2 aromatic heterocycles. The number of hydrogen-bond acceptors (Lipinski definition) is 5. The molecule has 6 heteroatoms. The van der Waals surface area contributed by atoms with Crippen LogP contribution in [0, 0.1) is 0 Å². The molecule has 0 radical (unpaired) electrons. The van der Waals surface area contributed by atoms with E-state index in [4.69, 9.17) is 5.73 Å². The normalized spacial score (nSPS) is 10.9. The Bertz CT molecular complexity index is 642. The summed E-state index contributed by atoms with van der Waals surface area (Å²) >= 11 is 0. The fourth-order valence-electron chi connectivity index (χ4n) is 1.61. The maximum Gasteiger partial charge on any atom is 0.178 e. The largest absolute Gasteiger partial charge is 0.325 e. The predicted molar refractivity (Wildman–Crippen MR) is 62.3 cm³/mol. The summed E-state index contributed by atoms with van der Waals surface area (Å²) in [6.07, 6.45) is 0. The van der Waals surface area contributed by atoms with E-state index in [0.717, 1.165) is 16.7 Å². The quantitative estimate of drug-likeness (QED) is 0.694. The minimum Gasteiger partial charge on any atom is -0.325 e. The Morgan fingerprint density at radius 2 is 1.88 bits per heavy atom. The average molecular weight is 226 g/mol. The molecule has 0 fully saturated rings. The standard InChI is InChI=1S/C11H10N6/c12-7-8-5-6-11(15-13-8)17-10-4-2-1-3-9(10)14-16-17/h1-6H,7,12H2. The Hall–Kier alpha value is -2.34. The van der Waals surface area contributed by atoms with Gasteiger partial charge in [-0.3, -0.25) is 0 Å². The zero-order chi connectivity index (χ0) is 11.7. The maximum absolute atomic E-state index is 5.47. The Kier molecular flexibility index (Phi) is 2.27. The number of benzene rings is 1. The van der Waals surface area contributed by atoms with Gasteiger partial charge in [-0.05, 0) is 24.3 Å². The molecule has 0 saturated carbocycles. The van der Waals surface area contributed by atoms with Gasteiger partial charge in [-0.2, -0.15) is 9.78 Å². The summed E-state index contributed by atoms with van der Waals surface area (Å²) in [6.45, 7) is 0.380. The Balaban J connectivity index is 2.13. The summed E-state index contributed by atoms with van der Waals surface area (Å²) in [7, 11) is 0. The predicted octanol–water partition coefficient (Wildman–Crippen LogP) is 0.669. The van der Waals surface area contributed by atoms with Crippen molar-refractivity contribution < 1.29 is 0 Å². The maximum atomic E-state index is 5.47. The van der Waals surface area contributed by atoms with Crippen LogP contribution in [0.3, 0.4) is 0 Å². The molecule has 2 N–H and O–H groups in total. The molecule has 0 saturated heterocycles. The minimum absolute atomic E-state index is 0.380. The number of aromatic nitrogens is 5. The van der Waals surface area contributed by atoms with E-state index in [9.17, 15) is 0 Å². The summed E-state index contributed by atoms with van der Waals surface area (Å²) in [5.74, 6) is 0.635. The van der Waals surface area contributed by atoms with Crippen LogP contribution in [-0.2, 0) is 6.54 Å². The van der Waals surface area contributed by atoms with Crippen molar-refractivity contribution in [3.8, 4) is 5.82 Å². The highest BCUT2D eigenvalue weighted by Gasteiger charge is 2.06. The van der Waals surface area contributed by atoms with Gasteiger partial charge in [0.05, 0.1) is 11.2 Å². The number of nitrogens with zero attached hydrogens (tertiary/aromatic N) is 5. The Labute approximate surface area is 97.1 Å². The van der Waals surface area contributed by atoms with Gasteiger partial charge >= 0.3 is 0 Å². The zero-order valence-electron chi connectivity index (χ0n) is 8.98. The third kappa shape index (κ3) is 1.64. The third-order valence-electron chi connectivity index (χ3n) is 2.48. The second-order valence-electron chi connectivity index (χ2n) is 3.58. The van der Waals surface area contributed by atoms with Gasteiger partial charge < -0.3 is 5.73 Å². The third-order valence-corrected chi connectivity index (χ3v) is 2.48. The summed E-state index contributed by atoms with van der Waals surface area (Å²) in [4.78, 5) is 0. The SMILES string of the molecule is NCc1ccc(-n2nnc3ccccc32)nn1. The molecule has 0 bridgehead atoms. The molecule has 2 heterocycles. The first-order valence-electron chi connectivity index (χ1n) is 5.22. The lowest BCUT2D eigenvalue weighted by Crippen LogP contribution is -2.05. The van der Waals surface area contributed by atoms with Crippen LogP contribution in [0.25, 0.3) is 16.9 Å². The summed E-state index contributed by atoms with van der Waals surface area (Å²) in [5, 5.41) is 16.2. The van der Waals surface area contributed by atoms with Gasteiger partial charge in [-0.15, -0.1) is 10.2 Å². The molecule has 0 spiro atoms. The van der Waals surface area contributed by atoms with Crippen molar-refractivity contribution >= 4 is 11.0 Å². The van der Waals surface area contributed by atoms with Crippen LogP contribution in [0.1, 0.15) is 5.69 Å². The Morgan fingerprint density at radius 3 is 2.65 bits per heavy atom. The minimum atomic E-state index is 0.380. The van der Waals surface area contributed by atoms with Gasteiger partial charge in [-0.25, -0.2) is 0 Å². The molecule has 0 aliphatic carbocycles. The Morgan fingerprint density at radius 1 is 1.00 bits per heavy atom. The van der Waals surface area contributed by atoms with E-state index in [1.54, 1.807) is 4.68 Å². The number of rotatable bonds is 2. The fraction of sp³-hybridized carbons (Fsp3) is 0.0909. The summed E-state index contributed by atoms with van der Waals surface area (Å²) < 4.78 is 1.66. The lowest BCUT2D eigenvalue weighted by atomic mass is 10.3. The van der Waals surface area contributed by atoms with Crippen molar-refractivity contribution in [1.82, 2.24) is 25.2 Å². The van der Waals surface area contributed by atoms with E-state index in [1.807, 2.05) is 36.4 Å².